The fourth-order valence-corrected chi connectivity index (χ4v) is 3.42. The van der Waals surface area contributed by atoms with Gasteiger partial charge in [0.1, 0.15) is 11.5 Å². The maximum Gasteiger partial charge on any atom is 0.279 e. The fourth-order valence-electron chi connectivity index (χ4n) is 3.42. The lowest BCUT2D eigenvalue weighted by Gasteiger charge is -2.23. The number of halogens is 2. The van der Waals surface area contributed by atoms with Gasteiger partial charge in [0, 0.05) is 29.0 Å². The Morgan fingerprint density at radius 1 is 0.967 bits per heavy atom. The maximum atomic E-state index is 14.5. The summed E-state index contributed by atoms with van der Waals surface area (Å²) in [5, 5.41) is 5.55. The summed E-state index contributed by atoms with van der Waals surface area (Å²) in [6.45, 7) is 4.56. The number of benzene rings is 3. The van der Waals surface area contributed by atoms with Gasteiger partial charge in [-0.3, -0.25) is 4.79 Å². The van der Waals surface area contributed by atoms with Crippen LogP contribution >= 0.6 is 0 Å². The van der Waals surface area contributed by atoms with Crippen molar-refractivity contribution in [3.05, 3.63) is 94.3 Å². The second-order valence-corrected chi connectivity index (χ2v) is 7.88. The summed E-state index contributed by atoms with van der Waals surface area (Å²) >= 11 is 0. The van der Waals surface area contributed by atoms with E-state index in [0.29, 0.717) is 23.0 Å². The Hall–Kier alpha value is -3.38. The van der Waals surface area contributed by atoms with Crippen molar-refractivity contribution in [1.29, 1.82) is 0 Å². The van der Waals surface area contributed by atoms with Crippen molar-refractivity contribution < 1.29 is 8.78 Å². The first-order valence-corrected chi connectivity index (χ1v) is 9.60. The Labute approximate surface area is 172 Å². The van der Waals surface area contributed by atoms with Gasteiger partial charge in [0.2, 0.25) is 0 Å². The van der Waals surface area contributed by atoms with Gasteiger partial charge in [-0.05, 0) is 29.8 Å². The fraction of sp³-hybridized carbons (Fsp3) is 0.167. The third kappa shape index (κ3) is 3.39. The van der Waals surface area contributed by atoms with Crippen LogP contribution in [0.4, 0.5) is 8.78 Å². The molecule has 30 heavy (non-hydrogen) atoms. The van der Waals surface area contributed by atoms with Crippen molar-refractivity contribution in [1.82, 2.24) is 9.78 Å². The highest BCUT2D eigenvalue weighted by atomic mass is 19.1. The summed E-state index contributed by atoms with van der Waals surface area (Å²) in [7, 11) is 0. The molecule has 0 aliphatic carbocycles. The van der Waals surface area contributed by atoms with Crippen molar-refractivity contribution >= 4 is 10.8 Å². The molecule has 4 aromatic rings. The van der Waals surface area contributed by atoms with Crippen LogP contribution < -0.4 is 11.3 Å². The van der Waals surface area contributed by atoms with Crippen molar-refractivity contribution in [3.8, 4) is 16.9 Å². The Bertz CT molecular complexity index is 1310. The van der Waals surface area contributed by atoms with Gasteiger partial charge in [-0.2, -0.15) is 9.78 Å². The molecule has 0 aliphatic heterocycles. The third-order valence-electron chi connectivity index (χ3n) is 5.37. The zero-order valence-corrected chi connectivity index (χ0v) is 16.7. The summed E-state index contributed by atoms with van der Waals surface area (Å²) < 4.78 is 28.8. The molecule has 0 saturated heterocycles. The van der Waals surface area contributed by atoms with E-state index in [1.807, 2.05) is 50.2 Å². The Morgan fingerprint density at radius 2 is 1.70 bits per heavy atom. The molecule has 0 spiro atoms. The van der Waals surface area contributed by atoms with Crippen LogP contribution in [0.15, 0.2) is 71.5 Å². The van der Waals surface area contributed by atoms with Crippen molar-refractivity contribution in [3.63, 3.8) is 0 Å². The minimum Gasteiger partial charge on any atom is -0.330 e. The summed E-state index contributed by atoms with van der Waals surface area (Å²) in [6, 6.07) is 17.9. The first-order chi connectivity index (χ1) is 14.3. The van der Waals surface area contributed by atoms with E-state index in [1.165, 1.54) is 6.07 Å². The predicted octanol–water partition coefficient (Wildman–Crippen LogP) is 4.57. The Balaban J connectivity index is 2.03. The van der Waals surface area contributed by atoms with Crippen LogP contribution in [0.25, 0.3) is 27.7 Å². The lowest BCUT2D eigenvalue weighted by Crippen LogP contribution is -2.28. The number of nitrogens with zero attached hydrogens (tertiary/aromatic N) is 2. The molecular formula is C24H21F2N3O. The van der Waals surface area contributed by atoms with E-state index in [2.05, 4.69) is 5.10 Å². The molecule has 0 radical (unpaired) electrons. The molecule has 152 valence electrons. The summed E-state index contributed by atoms with van der Waals surface area (Å²) in [5.41, 5.74) is 7.45. The van der Waals surface area contributed by atoms with Gasteiger partial charge in [0.25, 0.3) is 5.56 Å². The summed E-state index contributed by atoms with van der Waals surface area (Å²) in [5.74, 6) is -1.58. The van der Waals surface area contributed by atoms with E-state index < -0.39 is 17.2 Å². The average Bonchev–Trinajstić information content (AvgIpc) is 2.75. The van der Waals surface area contributed by atoms with Gasteiger partial charge in [0.05, 0.1) is 11.1 Å². The molecule has 0 amide bonds. The molecule has 1 aromatic heterocycles. The number of aromatic nitrogens is 2. The minimum atomic E-state index is -0.858. The number of hydrogen-bond acceptors (Lipinski definition) is 3. The number of nitrogens with two attached hydrogens (primary N) is 1. The van der Waals surface area contributed by atoms with Crippen LogP contribution in [0.3, 0.4) is 0 Å². The third-order valence-corrected chi connectivity index (χ3v) is 5.37. The highest BCUT2D eigenvalue weighted by Crippen LogP contribution is 2.30. The van der Waals surface area contributed by atoms with E-state index in [4.69, 9.17) is 5.73 Å². The van der Waals surface area contributed by atoms with Gasteiger partial charge < -0.3 is 5.73 Å². The van der Waals surface area contributed by atoms with Crippen molar-refractivity contribution in [2.45, 2.75) is 19.3 Å². The van der Waals surface area contributed by atoms with Gasteiger partial charge in [-0.1, -0.05) is 50.2 Å². The van der Waals surface area contributed by atoms with E-state index >= 15 is 0 Å². The SMILES string of the molecule is CC(C)(CN)c1cccc(-c2nn(-c3ccc(F)cc3F)c(=O)c3ccccc23)c1. The summed E-state index contributed by atoms with van der Waals surface area (Å²) in [6.07, 6.45) is 0. The molecule has 0 saturated carbocycles. The molecule has 2 N–H and O–H groups in total. The Morgan fingerprint density at radius 3 is 2.40 bits per heavy atom. The molecule has 0 bridgehead atoms. The van der Waals surface area contributed by atoms with E-state index in [1.54, 1.807) is 12.1 Å². The van der Waals surface area contributed by atoms with Gasteiger partial charge in [-0.15, -0.1) is 0 Å². The molecular weight excluding hydrogens is 384 g/mol. The van der Waals surface area contributed by atoms with Gasteiger partial charge >= 0.3 is 0 Å². The molecule has 3 aromatic carbocycles. The van der Waals surface area contributed by atoms with Crippen LogP contribution in [0.2, 0.25) is 0 Å². The zero-order valence-electron chi connectivity index (χ0n) is 16.7. The molecule has 0 unspecified atom stereocenters. The molecule has 6 heteroatoms. The lowest BCUT2D eigenvalue weighted by molar-refractivity contribution is 0.539. The number of fused-ring (bicyclic) bond motifs is 1. The topological polar surface area (TPSA) is 60.9 Å². The second-order valence-electron chi connectivity index (χ2n) is 7.88. The van der Waals surface area contributed by atoms with Gasteiger partial charge in [-0.25, -0.2) is 8.78 Å². The molecule has 1 heterocycles. The molecule has 4 nitrogen and oxygen atoms in total. The Kier molecular flexibility index (Phi) is 4.95. The van der Waals surface area contributed by atoms with Gasteiger partial charge in [0.15, 0.2) is 5.82 Å². The standard InChI is InChI=1S/C24H21F2N3O/c1-24(2,14-27)16-7-5-6-15(12-16)22-18-8-3-4-9-19(18)23(30)29(28-22)21-11-10-17(25)13-20(21)26/h3-13H,14,27H2,1-2H3. The van der Waals surface area contributed by atoms with Crippen LogP contribution in [0.1, 0.15) is 19.4 Å². The largest absolute Gasteiger partial charge is 0.330 e. The molecule has 0 fully saturated rings. The van der Waals surface area contributed by atoms with Crippen molar-refractivity contribution in [2.24, 2.45) is 5.73 Å². The lowest BCUT2D eigenvalue weighted by atomic mass is 9.83. The van der Waals surface area contributed by atoms with Crippen molar-refractivity contribution in [2.75, 3.05) is 6.54 Å². The monoisotopic (exact) mass is 405 g/mol. The first-order valence-electron chi connectivity index (χ1n) is 9.60. The van der Waals surface area contributed by atoms with Crippen LogP contribution in [-0.2, 0) is 5.41 Å². The normalized spacial score (nSPS) is 11.8. The minimum absolute atomic E-state index is 0.105. The highest BCUT2D eigenvalue weighted by molar-refractivity contribution is 5.94. The van der Waals surface area contributed by atoms with E-state index in [-0.39, 0.29) is 11.1 Å². The average molecular weight is 405 g/mol. The molecule has 0 atom stereocenters. The van der Waals surface area contributed by atoms with Crippen LogP contribution in [0, 0.1) is 11.6 Å². The van der Waals surface area contributed by atoms with E-state index in [9.17, 15) is 13.6 Å². The predicted molar refractivity (Wildman–Crippen MR) is 115 cm³/mol. The smallest absolute Gasteiger partial charge is 0.279 e. The zero-order chi connectivity index (χ0) is 21.5. The maximum absolute atomic E-state index is 14.5. The number of hydrogen-bond donors (Lipinski definition) is 1. The molecule has 4 rings (SSSR count). The first kappa shape index (κ1) is 19.9. The van der Waals surface area contributed by atoms with E-state index in [0.717, 1.165) is 27.9 Å². The summed E-state index contributed by atoms with van der Waals surface area (Å²) in [4.78, 5) is 13.0. The molecule has 0 aliphatic rings. The van der Waals surface area contributed by atoms with Crippen LogP contribution in [-0.4, -0.2) is 16.3 Å². The van der Waals surface area contributed by atoms with Crippen LogP contribution in [0.5, 0.6) is 0 Å². The highest BCUT2D eigenvalue weighted by Gasteiger charge is 2.21. The quantitative estimate of drug-likeness (QED) is 0.541. The number of rotatable bonds is 4. The second kappa shape index (κ2) is 7.46.